The molecule has 1 saturated carbocycles. The summed E-state index contributed by atoms with van der Waals surface area (Å²) in [5.41, 5.74) is 0. The predicted octanol–water partition coefficient (Wildman–Crippen LogP) is 3.27. The monoisotopic (exact) mass is 233 g/mol. The standard InChI is InChI=1S/C12H15N3S/c1-2-5-9(4-1)8-11-13-12(15-14-11)10-6-3-7-16-10/h3,6-7,9H,1-2,4-5,8H2,(H,13,14,15). The topological polar surface area (TPSA) is 41.6 Å². The molecule has 84 valence electrons. The third-order valence-electron chi connectivity index (χ3n) is 3.23. The van der Waals surface area contributed by atoms with Crippen LogP contribution in [0.4, 0.5) is 0 Å². The van der Waals surface area contributed by atoms with E-state index in [1.807, 2.05) is 6.07 Å². The molecule has 1 fully saturated rings. The van der Waals surface area contributed by atoms with Gasteiger partial charge < -0.3 is 0 Å². The minimum atomic E-state index is 0.823. The molecule has 4 heteroatoms. The number of nitrogens with zero attached hydrogens (tertiary/aromatic N) is 2. The zero-order valence-corrected chi connectivity index (χ0v) is 9.96. The summed E-state index contributed by atoms with van der Waals surface area (Å²) in [7, 11) is 0. The van der Waals surface area contributed by atoms with Crippen molar-refractivity contribution in [2.45, 2.75) is 32.1 Å². The normalized spacial score (nSPS) is 17.0. The number of hydrogen-bond donors (Lipinski definition) is 1. The highest BCUT2D eigenvalue weighted by molar-refractivity contribution is 7.13. The second-order valence-corrected chi connectivity index (χ2v) is 5.39. The number of thiophene rings is 1. The van der Waals surface area contributed by atoms with Gasteiger partial charge >= 0.3 is 0 Å². The lowest BCUT2D eigenvalue weighted by atomic mass is 10.0. The van der Waals surface area contributed by atoms with Gasteiger partial charge in [0.15, 0.2) is 5.82 Å². The molecule has 1 aliphatic carbocycles. The summed E-state index contributed by atoms with van der Waals surface area (Å²) in [5.74, 6) is 2.72. The Bertz CT molecular complexity index is 441. The Morgan fingerprint density at radius 2 is 2.25 bits per heavy atom. The summed E-state index contributed by atoms with van der Waals surface area (Å²) in [6.07, 6.45) is 6.55. The molecule has 0 atom stereocenters. The summed E-state index contributed by atoms with van der Waals surface area (Å²) in [6.45, 7) is 0. The first-order chi connectivity index (χ1) is 7.92. The van der Waals surface area contributed by atoms with E-state index in [-0.39, 0.29) is 0 Å². The summed E-state index contributed by atoms with van der Waals surface area (Å²) >= 11 is 1.69. The molecule has 3 rings (SSSR count). The van der Waals surface area contributed by atoms with E-state index in [9.17, 15) is 0 Å². The van der Waals surface area contributed by atoms with Crippen LogP contribution >= 0.6 is 11.3 Å². The van der Waals surface area contributed by atoms with Crippen LogP contribution < -0.4 is 0 Å². The van der Waals surface area contributed by atoms with Crippen LogP contribution in [0.1, 0.15) is 31.5 Å². The number of aromatic nitrogens is 3. The van der Waals surface area contributed by atoms with Crippen molar-refractivity contribution in [2.75, 3.05) is 0 Å². The Balaban J connectivity index is 1.72. The first kappa shape index (κ1) is 10.0. The minimum Gasteiger partial charge on any atom is -0.263 e. The van der Waals surface area contributed by atoms with Gasteiger partial charge in [-0.15, -0.1) is 11.3 Å². The van der Waals surface area contributed by atoms with Crippen LogP contribution in [-0.4, -0.2) is 15.2 Å². The average Bonchev–Trinajstić information content (AvgIpc) is 2.99. The van der Waals surface area contributed by atoms with Crippen molar-refractivity contribution >= 4 is 11.3 Å². The van der Waals surface area contributed by atoms with Gasteiger partial charge in [0.1, 0.15) is 5.82 Å². The molecule has 0 bridgehead atoms. The van der Waals surface area contributed by atoms with Crippen molar-refractivity contribution in [2.24, 2.45) is 5.92 Å². The lowest BCUT2D eigenvalue weighted by molar-refractivity contribution is 0.531. The molecule has 3 nitrogen and oxygen atoms in total. The van der Waals surface area contributed by atoms with Crippen LogP contribution in [0.25, 0.3) is 10.7 Å². The van der Waals surface area contributed by atoms with E-state index >= 15 is 0 Å². The molecule has 2 aromatic rings. The van der Waals surface area contributed by atoms with E-state index in [0.717, 1.165) is 28.9 Å². The van der Waals surface area contributed by atoms with Crippen LogP contribution in [0, 0.1) is 5.92 Å². The molecular weight excluding hydrogens is 218 g/mol. The Morgan fingerprint density at radius 1 is 1.38 bits per heavy atom. The van der Waals surface area contributed by atoms with Crippen molar-refractivity contribution in [1.82, 2.24) is 15.2 Å². The van der Waals surface area contributed by atoms with Crippen molar-refractivity contribution < 1.29 is 0 Å². The molecule has 1 N–H and O–H groups in total. The third-order valence-corrected chi connectivity index (χ3v) is 4.10. The number of aromatic amines is 1. The lowest BCUT2D eigenvalue weighted by Gasteiger charge is -2.03. The van der Waals surface area contributed by atoms with Crippen LogP contribution in [-0.2, 0) is 6.42 Å². The second kappa shape index (κ2) is 4.37. The van der Waals surface area contributed by atoms with E-state index in [1.165, 1.54) is 25.7 Å². The molecule has 0 aromatic carbocycles. The van der Waals surface area contributed by atoms with Gasteiger partial charge in [0, 0.05) is 6.42 Å². The number of H-pyrrole nitrogens is 1. The molecule has 0 aliphatic heterocycles. The van der Waals surface area contributed by atoms with Crippen molar-refractivity contribution in [3.63, 3.8) is 0 Å². The maximum Gasteiger partial charge on any atom is 0.191 e. The molecule has 0 radical (unpaired) electrons. The van der Waals surface area contributed by atoms with E-state index < -0.39 is 0 Å². The van der Waals surface area contributed by atoms with E-state index in [2.05, 4.69) is 26.6 Å². The fraction of sp³-hybridized carbons (Fsp3) is 0.500. The van der Waals surface area contributed by atoms with E-state index in [4.69, 9.17) is 0 Å². The van der Waals surface area contributed by atoms with Gasteiger partial charge in [-0.25, -0.2) is 4.98 Å². The van der Waals surface area contributed by atoms with Crippen molar-refractivity contribution in [1.29, 1.82) is 0 Å². The highest BCUT2D eigenvalue weighted by Crippen LogP contribution is 2.28. The summed E-state index contributed by atoms with van der Waals surface area (Å²) in [4.78, 5) is 5.71. The molecule has 2 aromatic heterocycles. The molecule has 0 saturated heterocycles. The number of rotatable bonds is 3. The molecule has 16 heavy (non-hydrogen) atoms. The molecule has 0 spiro atoms. The van der Waals surface area contributed by atoms with Crippen molar-refractivity contribution in [3.8, 4) is 10.7 Å². The van der Waals surface area contributed by atoms with Crippen LogP contribution in [0.3, 0.4) is 0 Å². The maximum atomic E-state index is 4.56. The third kappa shape index (κ3) is 2.02. The molecule has 0 unspecified atom stereocenters. The zero-order valence-electron chi connectivity index (χ0n) is 9.15. The molecule has 0 amide bonds. The SMILES string of the molecule is c1csc(-c2n[nH]c(CC3CCCC3)n2)c1. The average molecular weight is 233 g/mol. The van der Waals surface area contributed by atoms with Gasteiger partial charge in [-0.3, -0.25) is 5.10 Å². The van der Waals surface area contributed by atoms with Gasteiger partial charge in [0.2, 0.25) is 0 Å². The summed E-state index contributed by atoms with van der Waals surface area (Å²) < 4.78 is 0. The Hall–Kier alpha value is -1.16. The highest BCUT2D eigenvalue weighted by atomic mass is 32.1. The number of nitrogens with one attached hydrogen (secondary N) is 1. The van der Waals surface area contributed by atoms with Crippen molar-refractivity contribution in [3.05, 3.63) is 23.3 Å². The Kier molecular flexibility index (Phi) is 2.74. The van der Waals surface area contributed by atoms with Gasteiger partial charge in [0.05, 0.1) is 4.88 Å². The molecule has 2 heterocycles. The van der Waals surface area contributed by atoms with E-state index in [0.29, 0.717) is 0 Å². The largest absolute Gasteiger partial charge is 0.263 e. The van der Waals surface area contributed by atoms with Gasteiger partial charge in [0.25, 0.3) is 0 Å². The van der Waals surface area contributed by atoms with Crippen LogP contribution in [0.5, 0.6) is 0 Å². The predicted molar refractivity (Wildman–Crippen MR) is 65.4 cm³/mol. The number of hydrogen-bond acceptors (Lipinski definition) is 3. The quantitative estimate of drug-likeness (QED) is 0.884. The summed E-state index contributed by atoms with van der Waals surface area (Å²) in [5, 5.41) is 9.40. The molecule has 1 aliphatic rings. The van der Waals surface area contributed by atoms with Crippen LogP contribution in [0.15, 0.2) is 17.5 Å². The maximum absolute atomic E-state index is 4.56. The molecular formula is C12H15N3S. The first-order valence-electron chi connectivity index (χ1n) is 5.87. The fourth-order valence-electron chi connectivity index (χ4n) is 2.39. The smallest absolute Gasteiger partial charge is 0.191 e. The Morgan fingerprint density at radius 3 is 3.00 bits per heavy atom. The second-order valence-electron chi connectivity index (χ2n) is 4.44. The van der Waals surface area contributed by atoms with Crippen LogP contribution in [0.2, 0.25) is 0 Å². The zero-order chi connectivity index (χ0) is 10.8. The highest BCUT2D eigenvalue weighted by Gasteiger charge is 2.17. The lowest BCUT2D eigenvalue weighted by Crippen LogP contribution is -2.00. The van der Waals surface area contributed by atoms with Gasteiger partial charge in [-0.1, -0.05) is 31.7 Å². The summed E-state index contributed by atoms with van der Waals surface area (Å²) in [6, 6.07) is 4.10. The van der Waals surface area contributed by atoms with Gasteiger partial charge in [-0.05, 0) is 17.4 Å². The minimum absolute atomic E-state index is 0.823. The fourth-order valence-corrected chi connectivity index (χ4v) is 3.05. The van der Waals surface area contributed by atoms with Gasteiger partial charge in [-0.2, -0.15) is 5.10 Å². The van der Waals surface area contributed by atoms with E-state index in [1.54, 1.807) is 11.3 Å². The Labute approximate surface area is 98.9 Å². The first-order valence-corrected chi connectivity index (χ1v) is 6.75.